The molecule has 0 saturated carbocycles. The van der Waals surface area contributed by atoms with Gasteiger partial charge in [-0.3, -0.25) is 4.18 Å². The normalized spacial score (nSPS) is 14.1. The van der Waals surface area contributed by atoms with Crippen molar-refractivity contribution >= 4 is 10.1 Å². The first kappa shape index (κ1) is 9.40. The standard InChI is InChI=1S/C5H9NO3S/c1-3-10(7,8)9-5(2)4-6/h5H,3H2,1-2H3. The molecule has 0 aliphatic rings. The zero-order valence-electron chi connectivity index (χ0n) is 5.86. The molecule has 0 aromatic carbocycles. The van der Waals surface area contributed by atoms with Gasteiger partial charge in [0.05, 0.1) is 11.8 Å². The predicted molar refractivity (Wildman–Crippen MR) is 35.6 cm³/mol. The van der Waals surface area contributed by atoms with Crippen molar-refractivity contribution < 1.29 is 12.6 Å². The maximum absolute atomic E-state index is 10.6. The third kappa shape index (κ3) is 3.43. The molecule has 0 amide bonds. The highest BCUT2D eigenvalue weighted by Crippen LogP contribution is 1.97. The molecule has 58 valence electrons. The van der Waals surface area contributed by atoms with Crippen molar-refractivity contribution in [3.05, 3.63) is 0 Å². The van der Waals surface area contributed by atoms with Crippen molar-refractivity contribution in [1.82, 2.24) is 0 Å². The summed E-state index contributed by atoms with van der Waals surface area (Å²) in [4.78, 5) is 0. The summed E-state index contributed by atoms with van der Waals surface area (Å²) in [5, 5.41) is 8.15. The van der Waals surface area contributed by atoms with Crippen molar-refractivity contribution in [2.24, 2.45) is 0 Å². The molecule has 10 heavy (non-hydrogen) atoms. The lowest BCUT2D eigenvalue weighted by atomic mass is 10.5. The van der Waals surface area contributed by atoms with Crippen LogP contribution in [-0.2, 0) is 14.3 Å². The molecule has 0 N–H and O–H groups in total. The molecule has 0 fully saturated rings. The van der Waals surface area contributed by atoms with Crippen LogP contribution < -0.4 is 0 Å². The van der Waals surface area contributed by atoms with Gasteiger partial charge in [0.25, 0.3) is 10.1 Å². The molecule has 0 aromatic rings. The van der Waals surface area contributed by atoms with Gasteiger partial charge in [-0.15, -0.1) is 0 Å². The van der Waals surface area contributed by atoms with Crippen LogP contribution in [0.15, 0.2) is 0 Å². The van der Waals surface area contributed by atoms with Crippen molar-refractivity contribution in [1.29, 1.82) is 5.26 Å². The third-order valence-electron chi connectivity index (χ3n) is 0.826. The van der Waals surface area contributed by atoms with Crippen LogP contribution in [0.25, 0.3) is 0 Å². The molecule has 5 heteroatoms. The quantitative estimate of drug-likeness (QED) is 0.560. The Bertz CT molecular complexity index is 226. The van der Waals surface area contributed by atoms with E-state index in [2.05, 4.69) is 4.18 Å². The van der Waals surface area contributed by atoms with Crippen LogP contribution in [-0.4, -0.2) is 20.3 Å². The molecule has 0 bridgehead atoms. The van der Waals surface area contributed by atoms with Gasteiger partial charge in [-0.2, -0.15) is 13.7 Å². The predicted octanol–water partition coefficient (Wildman–Crippen LogP) is 0.265. The number of hydrogen-bond donors (Lipinski definition) is 0. The van der Waals surface area contributed by atoms with Gasteiger partial charge in [0, 0.05) is 0 Å². The molecule has 4 nitrogen and oxygen atoms in total. The molecule has 0 spiro atoms. The van der Waals surface area contributed by atoms with Gasteiger partial charge in [-0.05, 0) is 13.8 Å². The topological polar surface area (TPSA) is 67.2 Å². The Hall–Kier alpha value is -0.600. The molecule has 1 atom stereocenters. The summed E-state index contributed by atoms with van der Waals surface area (Å²) < 4.78 is 25.5. The zero-order valence-corrected chi connectivity index (χ0v) is 6.68. The molecule has 0 aromatic heterocycles. The Morgan fingerprint density at radius 2 is 2.20 bits per heavy atom. The van der Waals surface area contributed by atoms with E-state index in [0.29, 0.717) is 0 Å². The van der Waals surface area contributed by atoms with Crippen molar-refractivity contribution in [3.8, 4) is 6.07 Å². The number of hydrogen-bond acceptors (Lipinski definition) is 4. The summed E-state index contributed by atoms with van der Waals surface area (Å²) in [6.07, 6.45) is -0.884. The van der Waals surface area contributed by atoms with E-state index in [0.717, 1.165) is 0 Å². The summed E-state index contributed by atoms with van der Waals surface area (Å²) in [5.74, 6) is -0.0982. The van der Waals surface area contributed by atoms with Gasteiger partial charge < -0.3 is 0 Å². The van der Waals surface area contributed by atoms with Gasteiger partial charge in [0.2, 0.25) is 0 Å². The summed E-state index contributed by atoms with van der Waals surface area (Å²) in [6, 6.07) is 1.65. The summed E-state index contributed by atoms with van der Waals surface area (Å²) in [7, 11) is -3.45. The Morgan fingerprint density at radius 1 is 1.70 bits per heavy atom. The van der Waals surface area contributed by atoms with Crippen LogP contribution in [0, 0.1) is 11.3 Å². The van der Waals surface area contributed by atoms with Gasteiger partial charge in [-0.1, -0.05) is 0 Å². The maximum atomic E-state index is 10.6. The Morgan fingerprint density at radius 3 is 2.50 bits per heavy atom. The van der Waals surface area contributed by atoms with Crippen LogP contribution in [0.2, 0.25) is 0 Å². The smallest absolute Gasteiger partial charge is 0.252 e. The lowest BCUT2D eigenvalue weighted by Gasteiger charge is -2.02. The van der Waals surface area contributed by atoms with Crippen molar-refractivity contribution in [3.63, 3.8) is 0 Å². The molecule has 0 aliphatic carbocycles. The van der Waals surface area contributed by atoms with E-state index in [-0.39, 0.29) is 5.75 Å². The second-order valence-corrected chi connectivity index (χ2v) is 3.60. The second-order valence-electron chi connectivity index (χ2n) is 1.71. The number of nitriles is 1. The summed E-state index contributed by atoms with van der Waals surface area (Å²) in [5.41, 5.74) is 0. The van der Waals surface area contributed by atoms with Crippen LogP contribution in [0.4, 0.5) is 0 Å². The highest BCUT2D eigenvalue weighted by molar-refractivity contribution is 7.86. The van der Waals surface area contributed by atoms with Crippen LogP contribution in [0.5, 0.6) is 0 Å². The summed E-state index contributed by atoms with van der Waals surface area (Å²) in [6.45, 7) is 2.84. The minimum Gasteiger partial charge on any atom is -0.252 e. The third-order valence-corrected chi connectivity index (χ3v) is 2.12. The zero-order chi connectivity index (χ0) is 8.20. The van der Waals surface area contributed by atoms with Crippen molar-refractivity contribution in [2.75, 3.05) is 5.75 Å². The average molecular weight is 163 g/mol. The molecule has 1 unspecified atom stereocenters. The fourth-order valence-electron chi connectivity index (χ4n) is 0.309. The van der Waals surface area contributed by atoms with Gasteiger partial charge >= 0.3 is 0 Å². The first-order chi connectivity index (χ1) is 4.52. The number of rotatable bonds is 3. The molecule has 0 radical (unpaired) electrons. The second kappa shape index (κ2) is 3.54. The average Bonchev–Trinajstić information content (AvgIpc) is 1.87. The molecule has 0 rings (SSSR count). The SMILES string of the molecule is CCS(=O)(=O)OC(C)C#N. The Balaban J connectivity index is 4.06. The van der Waals surface area contributed by atoms with E-state index in [1.807, 2.05) is 0 Å². The highest BCUT2D eigenvalue weighted by Gasteiger charge is 2.11. The fraction of sp³-hybridized carbons (Fsp3) is 0.800. The first-order valence-electron chi connectivity index (χ1n) is 2.82. The van der Waals surface area contributed by atoms with E-state index in [9.17, 15) is 8.42 Å². The molecular weight excluding hydrogens is 154 g/mol. The van der Waals surface area contributed by atoms with E-state index >= 15 is 0 Å². The minimum atomic E-state index is -3.45. The van der Waals surface area contributed by atoms with Crippen LogP contribution in [0.3, 0.4) is 0 Å². The van der Waals surface area contributed by atoms with Crippen molar-refractivity contribution in [2.45, 2.75) is 20.0 Å². The van der Waals surface area contributed by atoms with Gasteiger partial charge in [0.15, 0.2) is 6.10 Å². The largest absolute Gasteiger partial charge is 0.268 e. The van der Waals surface area contributed by atoms with Crippen LogP contribution >= 0.6 is 0 Å². The molecule has 0 heterocycles. The van der Waals surface area contributed by atoms with Gasteiger partial charge in [0.1, 0.15) is 0 Å². The number of nitrogens with zero attached hydrogens (tertiary/aromatic N) is 1. The molecule has 0 aliphatic heterocycles. The fourth-order valence-corrected chi connectivity index (χ4v) is 0.928. The summed E-state index contributed by atoms with van der Waals surface area (Å²) >= 11 is 0. The van der Waals surface area contributed by atoms with E-state index in [4.69, 9.17) is 5.26 Å². The Kier molecular flexibility index (Phi) is 3.33. The molecular formula is C5H9NO3S. The first-order valence-corrected chi connectivity index (χ1v) is 4.40. The van der Waals surface area contributed by atoms with E-state index in [1.165, 1.54) is 13.8 Å². The molecule has 0 saturated heterocycles. The van der Waals surface area contributed by atoms with Gasteiger partial charge in [-0.25, -0.2) is 0 Å². The highest BCUT2D eigenvalue weighted by atomic mass is 32.2. The minimum absolute atomic E-state index is 0.0982. The lowest BCUT2D eigenvalue weighted by molar-refractivity contribution is 0.281. The van der Waals surface area contributed by atoms with Crippen LogP contribution in [0.1, 0.15) is 13.8 Å². The lowest BCUT2D eigenvalue weighted by Crippen LogP contribution is -2.14. The maximum Gasteiger partial charge on any atom is 0.268 e. The Labute approximate surface area is 60.5 Å². The van der Waals surface area contributed by atoms with E-state index < -0.39 is 16.2 Å². The monoisotopic (exact) mass is 163 g/mol. The van der Waals surface area contributed by atoms with E-state index in [1.54, 1.807) is 6.07 Å².